The number of halogens is 2. The molecule has 2 aromatic heterocycles. The van der Waals surface area contributed by atoms with E-state index in [4.69, 9.17) is 11.0 Å². The molecule has 0 aliphatic heterocycles. The second-order valence-electron chi connectivity index (χ2n) is 5.48. The summed E-state index contributed by atoms with van der Waals surface area (Å²) in [5.74, 6) is 0.461. The molecular weight excluding hydrogens is 328 g/mol. The van der Waals surface area contributed by atoms with Crippen LogP contribution in [-0.2, 0) is 0 Å². The average Bonchev–Trinajstić information content (AvgIpc) is 2.97. The van der Waals surface area contributed by atoms with Crippen molar-refractivity contribution in [2.24, 2.45) is 0 Å². The van der Waals surface area contributed by atoms with E-state index in [0.29, 0.717) is 22.5 Å². The van der Waals surface area contributed by atoms with Crippen molar-refractivity contribution >= 4 is 22.7 Å². The average molecular weight is 343 g/mol. The van der Waals surface area contributed by atoms with Crippen LogP contribution >= 0.6 is 0 Å². The number of para-hydroxylation sites is 2. The largest absolute Gasteiger partial charge is 0.381 e. The molecule has 3 rings (SSSR count). The van der Waals surface area contributed by atoms with Gasteiger partial charge in [0.25, 0.3) is 0 Å². The van der Waals surface area contributed by atoms with E-state index in [2.05, 4.69) is 20.3 Å². The van der Waals surface area contributed by atoms with Gasteiger partial charge in [0.2, 0.25) is 0 Å². The lowest BCUT2D eigenvalue weighted by molar-refractivity contribution is 0.0708. The fourth-order valence-electron chi connectivity index (χ4n) is 2.59. The molecule has 0 fully saturated rings. The van der Waals surface area contributed by atoms with E-state index in [1.807, 2.05) is 6.07 Å². The van der Waals surface area contributed by atoms with E-state index in [1.54, 1.807) is 38.1 Å². The first kappa shape index (κ1) is 16.6. The summed E-state index contributed by atoms with van der Waals surface area (Å²) in [6.07, 6.45) is 0. The van der Waals surface area contributed by atoms with Crippen molar-refractivity contribution in [1.82, 2.24) is 19.5 Å². The molecule has 3 N–H and O–H groups in total. The summed E-state index contributed by atoms with van der Waals surface area (Å²) in [7, 11) is 0. The molecule has 0 aliphatic rings. The van der Waals surface area contributed by atoms with Crippen LogP contribution in [-0.4, -0.2) is 19.5 Å². The first-order chi connectivity index (χ1) is 11.9. The van der Waals surface area contributed by atoms with Crippen LogP contribution in [0.1, 0.15) is 36.7 Å². The molecule has 0 amide bonds. The van der Waals surface area contributed by atoms with Crippen LogP contribution in [0, 0.1) is 18.3 Å². The number of nitrogen functional groups attached to an aromatic ring is 1. The number of benzene rings is 1. The SMILES string of the molecule is Cc1nc(C#N)c(N)nc1NC(C)c1nc2ccccc2n1C(F)F. The Morgan fingerprint density at radius 3 is 2.64 bits per heavy atom. The molecule has 0 radical (unpaired) electrons. The highest BCUT2D eigenvalue weighted by atomic mass is 19.3. The second-order valence-corrected chi connectivity index (χ2v) is 5.48. The van der Waals surface area contributed by atoms with Crippen LogP contribution in [0.4, 0.5) is 20.4 Å². The van der Waals surface area contributed by atoms with Gasteiger partial charge in [0, 0.05) is 0 Å². The number of rotatable bonds is 4. The highest BCUT2D eigenvalue weighted by Crippen LogP contribution is 2.28. The molecule has 7 nitrogen and oxygen atoms in total. The third-order valence-corrected chi connectivity index (χ3v) is 3.76. The molecule has 1 atom stereocenters. The summed E-state index contributed by atoms with van der Waals surface area (Å²) in [5, 5.41) is 11.9. The molecule has 128 valence electrons. The number of nitrogens with two attached hydrogens (primary N) is 1. The summed E-state index contributed by atoms with van der Waals surface area (Å²) in [6, 6.07) is 7.96. The predicted molar refractivity (Wildman–Crippen MR) is 88.9 cm³/mol. The Balaban J connectivity index is 2.01. The van der Waals surface area contributed by atoms with Gasteiger partial charge in [-0.2, -0.15) is 14.0 Å². The fraction of sp³-hybridized carbons (Fsp3) is 0.250. The van der Waals surface area contributed by atoms with Gasteiger partial charge in [-0.15, -0.1) is 0 Å². The van der Waals surface area contributed by atoms with Gasteiger partial charge in [-0.1, -0.05) is 12.1 Å². The topological polar surface area (TPSA) is 105 Å². The number of nitrogens with one attached hydrogen (secondary N) is 1. The van der Waals surface area contributed by atoms with E-state index < -0.39 is 12.6 Å². The monoisotopic (exact) mass is 343 g/mol. The Bertz CT molecular complexity index is 975. The summed E-state index contributed by atoms with van der Waals surface area (Å²) in [5.41, 5.74) is 6.97. The molecule has 1 aromatic carbocycles. The quantitative estimate of drug-likeness (QED) is 0.754. The maximum atomic E-state index is 13.5. The van der Waals surface area contributed by atoms with Crippen molar-refractivity contribution in [3.8, 4) is 6.07 Å². The van der Waals surface area contributed by atoms with Gasteiger partial charge in [-0.3, -0.25) is 4.57 Å². The molecule has 0 spiro atoms. The number of imidazole rings is 1. The Kier molecular flexibility index (Phi) is 4.19. The molecule has 25 heavy (non-hydrogen) atoms. The maximum Gasteiger partial charge on any atom is 0.320 e. The number of alkyl halides is 2. The summed E-state index contributed by atoms with van der Waals surface area (Å²) >= 11 is 0. The number of aryl methyl sites for hydroxylation is 1. The molecule has 9 heteroatoms. The smallest absolute Gasteiger partial charge is 0.320 e. The molecule has 0 saturated carbocycles. The van der Waals surface area contributed by atoms with Gasteiger partial charge < -0.3 is 11.1 Å². The van der Waals surface area contributed by atoms with Crippen molar-refractivity contribution < 1.29 is 8.78 Å². The summed E-state index contributed by atoms with van der Waals surface area (Å²) < 4.78 is 28.0. The highest BCUT2D eigenvalue weighted by molar-refractivity contribution is 5.76. The lowest BCUT2D eigenvalue weighted by atomic mass is 10.3. The molecule has 0 aliphatic carbocycles. The van der Waals surface area contributed by atoms with E-state index in [0.717, 1.165) is 4.57 Å². The number of anilines is 2. The molecule has 3 aromatic rings. The third-order valence-electron chi connectivity index (χ3n) is 3.76. The van der Waals surface area contributed by atoms with Crippen LogP contribution in [0.25, 0.3) is 11.0 Å². The first-order valence-corrected chi connectivity index (χ1v) is 7.48. The summed E-state index contributed by atoms with van der Waals surface area (Å²) in [4.78, 5) is 12.5. The van der Waals surface area contributed by atoms with E-state index in [-0.39, 0.29) is 17.3 Å². The number of nitrogens with zero attached hydrogens (tertiary/aromatic N) is 5. The van der Waals surface area contributed by atoms with Crippen LogP contribution in [0.2, 0.25) is 0 Å². The lowest BCUT2D eigenvalue weighted by Crippen LogP contribution is -2.17. The zero-order valence-corrected chi connectivity index (χ0v) is 13.5. The number of aromatic nitrogens is 4. The minimum atomic E-state index is -2.73. The van der Waals surface area contributed by atoms with E-state index in [9.17, 15) is 8.78 Å². The predicted octanol–water partition coefficient (Wildman–Crippen LogP) is 3.16. The Labute approximate surface area is 142 Å². The molecule has 1 unspecified atom stereocenters. The molecule has 0 bridgehead atoms. The normalized spacial score (nSPS) is 12.3. The van der Waals surface area contributed by atoms with E-state index in [1.165, 1.54) is 0 Å². The van der Waals surface area contributed by atoms with Gasteiger partial charge in [0.15, 0.2) is 17.3 Å². The number of hydrogen-bond acceptors (Lipinski definition) is 6. The second kappa shape index (κ2) is 6.32. The number of fused-ring (bicyclic) bond motifs is 1. The Morgan fingerprint density at radius 1 is 1.24 bits per heavy atom. The van der Waals surface area contributed by atoms with Gasteiger partial charge in [0.05, 0.1) is 22.8 Å². The minimum Gasteiger partial charge on any atom is -0.381 e. The highest BCUT2D eigenvalue weighted by Gasteiger charge is 2.22. The van der Waals surface area contributed by atoms with Crippen LogP contribution in [0.5, 0.6) is 0 Å². The van der Waals surface area contributed by atoms with Gasteiger partial charge in [0.1, 0.15) is 11.9 Å². The Morgan fingerprint density at radius 2 is 1.96 bits per heavy atom. The van der Waals surface area contributed by atoms with Crippen molar-refractivity contribution in [2.75, 3.05) is 11.1 Å². The van der Waals surface area contributed by atoms with Gasteiger partial charge in [-0.25, -0.2) is 15.0 Å². The van der Waals surface area contributed by atoms with Crippen LogP contribution in [0.3, 0.4) is 0 Å². The standard InChI is InChI=1S/C16H15F2N7/c1-8-14(24-13(20)11(7-19)21-8)22-9(2)15-23-10-5-3-4-6-12(10)25(15)16(17)18/h3-6,9,16H,1-2H3,(H3,20,22,24). The van der Waals surface area contributed by atoms with E-state index >= 15 is 0 Å². The molecule has 2 heterocycles. The molecular formula is C16H15F2N7. The van der Waals surface area contributed by atoms with Crippen molar-refractivity contribution in [2.45, 2.75) is 26.4 Å². The van der Waals surface area contributed by atoms with Gasteiger partial charge in [-0.05, 0) is 26.0 Å². The van der Waals surface area contributed by atoms with Crippen LogP contribution < -0.4 is 11.1 Å². The zero-order valence-electron chi connectivity index (χ0n) is 13.5. The van der Waals surface area contributed by atoms with Crippen molar-refractivity contribution in [3.05, 3.63) is 41.5 Å². The zero-order chi connectivity index (χ0) is 18.1. The number of nitriles is 1. The maximum absolute atomic E-state index is 13.5. The molecule has 0 saturated heterocycles. The Hall–Kier alpha value is -3.28. The van der Waals surface area contributed by atoms with Crippen molar-refractivity contribution in [3.63, 3.8) is 0 Å². The van der Waals surface area contributed by atoms with Gasteiger partial charge >= 0.3 is 6.55 Å². The van der Waals surface area contributed by atoms with Crippen molar-refractivity contribution in [1.29, 1.82) is 5.26 Å². The summed E-state index contributed by atoms with van der Waals surface area (Å²) in [6.45, 7) is 0.610. The van der Waals surface area contributed by atoms with Crippen LogP contribution in [0.15, 0.2) is 24.3 Å². The number of hydrogen-bond donors (Lipinski definition) is 2. The lowest BCUT2D eigenvalue weighted by Gasteiger charge is -2.17. The fourth-order valence-corrected chi connectivity index (χ4v) is 2.59. The third kappa shape index (κ3) is 2.94. The first-order valence-electron chi connectivity index (χ1n) is 7.48. The minimum absolute atomic E-state index is 0.0230.